The second-order valence-corrected chi connectivity index (χ2v) is 6.87. The standard InChI is InChI=1S/C18H25NO6/c1-18(2,3)25-17(22)19-13(11-20)14(10-15(19)23-4)24-16(21)12-8-6-5-7-9-12/h5-9,13-15,20H,10-11H2,1-4H3/t13-,14+,15?/m1/s1. The average Bonchev–Trinajstić information content (AvgIpc) is 2.91. The molecule has 1 saturated heterocycles. The normalized spacial score (nSPS) is 23.4. The highest BCUT2D eigenvalue weighted by Crippen LogP contribution is 2.30. The Kier molecular flexibility index (Phi) is 6.02. The lowest BCUT2D eigenvalue weighted by atomic mass is 10.1. The number of ether oxygens (including phenoxy) is 3. The number of aliphatic hydroxyl groups excluding tert-OH is 1. The first kappa shape index (κ1) is 19.2. The van der Waals surface area contributed by atoms with E-state index in [1.54, 1.807) is 51.1 Å². The fraction of sp³-hybridized carbons (Fsp3) is 0.556. The van der Waals surface area contributed by atoms with E-state index in [2.05, 4.69) is 0 Å². The lowest BCUT2D eigenvalue weighted by molar-refractivity contribution is -0.0495. The summed E-state index contributed by atoms with van der Waals surface area (Å²) in [7, 11) is 1.46. The molecule has 1 aromatic carbocycles. The maximum absolute atomic E-state index is 12.5. The van der Waals surface area contributed by atoms with Gasteiger partial charge in [0, 0.05) is 13.5 Å². The molecule has 1 aliphatic heterocycles. The molecule has 2 rings (SSSR count). The summed E-state index contributed by atoms with van der Waals surface area (Å²) in [6.07, 6.45) is -1.67. The molecule has 7 nitrogen and oxygen atoms in total. The van der Waals surface area contributed by atoms with Gasteiger partial charge in [0.1, 0.15) is 17.9 Å². The third kappa shape index (κ3) is 4.70. The van der Waals surface area contributed by atoms with E-state index in [1.807, 2.05) is 0 Å². The molecule has 1 N–H and O–H groups in total. The van der Waals surface area contributed by atoms with E-state index in [1.165, 1.54) is 12.0 Å². The van der Waals surface area contributed by atoms with E-state index in [-0.39, 0.29) is 13.0 Å². The molecule has 0 aromatic heterocycles. The predicted octanol–water partition coefficient (Wildman–Crippen LogP) is 2.19. The van der Waals surface area contributed by atoms with Crippen molar-refractivity contribution in [1.82, 2.24) is 4.90 Å². The summed E-state index contributed by atoms with van der Waals surface area (Å²) in [6, 6.07) is 7.83. The first-order valence-electron chi connectivity index (χ1n) is 8.18. The van der Waals surface area contributed by atoms with Gasteiger partial charge < -0.3 is 19.3 Å². The van der Waals surface area contributed by atoms with Crippen LogP contribution in [0.1, 0.15) is 37.6 Å². The largest absolute Gasteiger partial charge is 0.456 e. The molecule has 0 spiro atoms. The van der Waals surface area contributed by atoms with E-state index < -0.39 is 36.0 Å². The highest BCUT2D eigenvalue weighted by Gasteiger charge is 2.47. The van der Waals surface area contributed by atoms with Gasteiger partial charge in [-0.05, 0) is 32.9 Å². The highest BCUT2D eigenvalue weighted by molar-refractivity contribution is 5.89. The van der Waals surface area contributed by atoms with Gasteiger partial charge in [-0.2, -0.15) is 0 Å². The van der Waals surface area contributed by atoms with Crippen molar-refractivity contribution >= 4 is 12.1 Å². The van der Waals surface area contributed by atoms with Crippen molar-refractivity contribution in [2.24, 2.45) is 0 Å². The number of aliphatic hydroxyl groups is 1. The molecule has 1 unspecified atom stereocenters. The van der Waals surface area contributed by atoms with Crippen LogP contribution < -0.4 is 0 Å². The second-order valence-electron chi connectivity index (χ2n) is 6.87. The molecular weight excluding hydrogens is 326 g/mol. The van der Waals surface area contributed by atoms with Crippen molar-refractivity contribution in [3.05, 3.63) is 35.9 Å². The van der Waals surface area contributed by atoms with Gasteiger partial charge in [0.25, 0.3) is 0 Å². The van der Waals surface area contributed by atoms with Crippen molar-refractivity contribution < 1.29 is 28.9 Å². The molecule has 138 valence electrons. The van der Waals surface area contributed by atoms with Crippen LogP contribution in [0.4, 0.5) is 4.79 Å². The minimum Gasteiger partial charge on any atom is -0.456 e. The van der Waals surface area contributed by atoms with E-state index in [4.69, 9.17) is 14.2 Å². The summed E-state index contributed by atoms with van der Waals surface area (Å²) in [6.45, 7) is 4.89. The first-order valence-corrected chi connectivity index (χ1v) is 8.18. The number of likely N-dealkylation sites (tertiary alicyclic amines) is 1. The highest BCUT2D eigenvalue weighted by atomic mass is 16.6. The van der Waals surface area contributed by atoms with E-state index in [0.717, 1.165) is 0 Å². The Morgan fingerprint density at radius 1 is 1.24 bits per heavy atom. The van der Waals surface area contributed by atoms with Gasteiger partial charge in [0.2, 0.25) is 0 Å². The molecule has 1 aromatic rings. The van der Waals surface area contributed by atoms with Crippen LogP contribution in [0.3, 0.4) is 0 Å². The van der Waals surface area contributed by atoms with Crippen molar-refractivity contribution in [2.75, 3.05) is 13.7 Å². The molecule has 0 radical (unpaired) electrons. The number of hydrogen-bond donors (Lipinski definition) is 1. The molecule has 1 heterocycles. The number of carbonyl (C=O) groups excluding carboxylic acids is 2. The zero-order valence-electron chi connectivity index (χ0n) is 15.0. The van der Waals surface area contributed by atoms with E-state index in [9.17, 15) is 14.7 Å². The maximum atomic E-state index is 12.5. The van der Waals surface area contributed by atoms with Crippen LogP contribution in [0.2, 0.25) is 0 Å². The molecule has 0 bridgehead atoms. The third-order valence-corrected chi connectivity index (χ3v) is 3.86. The maximum Gasteiger partial charge on any atom is 0.412 e. The Morgan fingerprint density at radius 2 is 1.88 bits per heavy atom. The number of rotatable bonds is 4. The van der Waals surface area contributed by atoms with Crippen LogP contribution in [0, 0.1) is 0 Å². The summed E-state index contributed by atoms with van der Waals surface area (Å²) in [5.41, 5.74) is -0.280. The molecule has 0 saturated carbocycles. The fourth-order valence-electron chi connectivity index (χ4n) is 2.75. The summed E-state index contributed by atoms with van der Waals surface area (Å²) < 4.78 is 16.2. The van der Waals surface area contributed by atoms with Crippen LogP contribution in [-0.4, -0.2) is 59.8 Å². The minimum absolute atomic E-state index is 0.263. The van der Waals surface area contributed by atoms with E-state index >= 15 is 0 Å². The molecule has 25 heavy (non-hydrogen) atoms. The SMILES string of the molecule is COC1C[C@H](OC(=O)c2ccccc2)[C@@H](CO)N1C(=O)OC(C)(C)C. The van der Waals surface area contributed by atoms with Gasteiger partial charge in [0.15, 0.2) is 0 Å². The van der Waals surface area contributed by atoms with Gasteiger partial charge in [-0.1, -0.05) is 18.2 Å². The van der Waals surface area contributed by atoms with Crippen molar-refractivity contribution in [2.45, 2.75) is 51.2 Å². The zero-order chi connectivity index (χ0) is 18.6. The number of hydrogen-bond acceptors (Lipinski definition) is 6. The zero-order valence-corrected chi connectivity index (χ0v) is 15.0. The first-order chi connectivity index (χ1) is 11.8. The van der Waals surface area contributed by atoms with Crippen LogP contribution in [0.15, 0.2) is 30.3 Å². The quantitative estimate of drug-likeness (QED) is 0.837. The smallest absolute Gasteiger partial charge is 0.412 e. The molecule has 7 heteroatoms. The molecular formula is C18H25NO6. The van der Waals surface area contributed by atoms with Crippen LogP contribution in [0.25, 0.3) is 0 Å². The minimum atomic E-state index is -0.729. The summed E-state index contributed by atoms with van der Waals surface area (Å²) in [5, 5.41) is 9.75. The molecule has 1 amide bonds. The number of nitrogens with zero attached hydrogens (tertiary/aromatic N) is 1. The summed E-state index contributed by atoms with van der Waals surface area (Å²) >= 11 is 0. The van der Waals surface area contributed by atoms with Gasteiger partial charge in [0.05, 0.1) is 18.2 Å². The van der Waals surface area contributed by atoms with Crippen molar-refractivity contribution in [1.29, 1.82) is 0 Å². The summed E-state index contributed by atoms with van der Waals surface area (Å²) in [4.78, 5) is 26.1. The topological polar surface area (TPSA) is 85.3 Å². The lowest BCUT2D eigenvalue weighted by Gasteiger charge is -2.31. The Hall–Kier alpha value is -2.12. The Morgan fingerprint density at radius 3 is 2.40 bits per heavy atom. The van der Waals surface area contributed by atoms with Gasteiger partial charge in [-0.25, -0.2) is 9.59 Å². The van der Waals surface area contributed by atoms with Gasteiger partial charge in [-0.15, -0.1) is 0 Å². The molecule has 1 aliphatic rings. The number of benzene rings is 1. The second kappa shape index (κ2) is 7.84. The number of methoxy groups -OCH3 is 1. The average molecular weight is 351 g/mol. The van der Waals surface area contributed by atoms with Crippen LogP contribution in [-0.2, 0) is 14.2 Å². The van der Waals surface area contributed by atoms with Gasteiger partial charge >= 0.3 is 12.1 Å². The van der Waals surface area contributed by atoms with Crippen LogP contribution in [0.5, 0.6) is 0 Å². The monoisotopic (exact) mass is 351 g/mol. The fourth-order valence-corrected chi connectivity index (χ4v) is 2.75. The molecule has 1 fully saturated rings. The van der Waals surface area contributed by atoms with Crippen molar-refractivity contribution in [3.63, 3.8) is 0 Å². The summed E-state index contributed by atoms with van der Waals surface area (Å²) in [5.74, 6) is -0.509. The predicted molar refractivity (Wildman–Crippen MR) is 90.0 cm³/mol. The molecule has 0 aliphatic carbocycles. The van der Waals surface area contributed by atoms with E-state index in [0.29, 0.717) is 5.56 Å². The lowest BCUT2D eigenvalue weighted by Crippen LogP contribution is -2.48. The van der Waals surface area contributed by atoms with Gasteiger partial charge in [-0.3, -0.25) is 4.90 Å². The molecule has 3 atom stereocenters. The Bertz CT molecular complexity index is 597. The number of carbonyl (C=O) groups is 2. The number of amides is 1. The Balaban J connectivity index is 2.15. The Labute approximate surface area is 147 Å². The van der Waals surface area contributed by atoms with Crippen molar-refractivity contribution in [3.8, 4) is 0 Å². The van der Waals surface area contributed by atoms with Crippen LogP contribution >= 0.6 is 0 Å². The third-order valence-electron chi connectivity index (χ3n) is 3.86. The number of esters is 1.